The van der Waals surface area contributed by atoms with Gasteiger partial charge in [0.2, 0.25) is 0 Å². The van der Waals surface area contributed by atoms with Crippen LogP contribution in [0.2, 0.25) is 0 Å². The van der Waals surface area contributed by atoms with Crippen molar-refractivity contribution in [3.63, 3.8) is 0 Å². The molecule has 0 radical (unpaired) electrons. The number of fused-ring (bicyclic) bond motifs is 1. The maximum atomic E-state index is 9.65. The highest BCUT2D eigenvalue weighted by atomic mass is 16.3. The quantitative estimate of drug-likeness (QED) is 0.568. The molecule has 0 aromatic rings. The van der Waals surface area contributed by atoms with Crippen LogP contribution in [0.5, 0.6) is 0 Å². The van der Waals surface area contributed by atoms with Gasteiger partial charge in [0.1, 0.15) is 0 Å². The lowest BCUT2D eigenvalue weighted by Gasteiger charge is -2.46. The number of hydrogen-bond acceptors (Lipinski definition) is 1. The minimum Gasteiger partial charge on any atom is -0.393 e. The number of allylic oxidation sites excluding steroid dienone is 2. The third-order valence-electron chi connectivity index (χ3n) is 4.13. The number of aliphatic hydroxyl groups excluding tert-OH is 1. The molecule has 2 aliphatic rings. The summed E-state index contributed by atoms with van der Waals surface area (Å²) in [6.07, 6.45) is 8.11. The van der Waals surface area contributed by atoms with Crippen LogP contribution in [0.25, 0.3) is 0 Å². The van der Waals surface area contributed by atoms with Crippen LogP contribution in [-0.2, 0) is 0 Å². The van der Waals surface area contributed by atoms with Crippen LogP contribution in [0.3, 0.4) is 0 Å². The molecule has 2 aliphatic carbocycles. The van der Waals surface area contributed by atoms with Crippen LogP contribution in [0.4, 0.5) is 0 Å². The second kappa shape index (κ2) is 3.13. The van der Waals surface area contributed by atoms with E-state index in [1.54, 1.807) is 0 Å². The van der Waals surface area contributed by atoms with Crippen molar-refractivity contribution in [1.29, 1.82) is 0 Å². The lowest BCUT2D eigenvalue weighted by atomic mass is 9.60. The Kier molecular flexibility index (Phi) is 2.23. The molecule has 0 bridgehead atoms. The first kappa shape index (κ1) is 9.26. The predicted molar refractivity (Wildman–Crippen MR) is 54.4 cm³/mol. The molecule has 1 fully saturated rings. The lowest BCUT2D eigenvalue weighted by Crippen LogP contribution is -2.38. The van der Waals surface area contributed by atoms with Gasteiger partial charge >= 0.3 is 0 Å². The average Bonchev–Trinajstić information content (AvgIpc) is 2.08. The van der Waals surface area contributed by atoms with Gasteiger partial charge in [0.05, 0.1) is 6.10 Å². The second-order valence-corrected chi connectivity index (χ2v) is 5.12. The van der Waals surface area contributed by atoms with Crippen LogP contribution in [0.1, 0.15) is 46.0 Å². The number of rotatable bonds is 0. The van der Waals surface area contributed by atoms with Gasteiger partial charge in [-0.15, -0.1) is 0 Å². The van der Waals surface area contributed by atoms with Crippen molar-refractivity contribution in [2.45, 2.75) is 52.1 Å². The minimum absolute atomic E-state index is 0.0421. The largest absolute Gasteiger partial charge is 0.393 e. The summed E-state index contributed by atoms with van der Waals surface area (Å²) in [5.74, 6) is 0.657. The molecule has 0 aromatic carbocycles. The molecule has 13 heavy (non-hydrogen) atoms. The Morgan fingerprint density at radius 1 is 1.46 bits per heavy atom. The summed E-state index contributed by atoms with van der Waals surface area (Å²) in [5.41, 5.74) is 2.02. The summed E-state index contributed by atoms with van der Waals surface area (Å²) in [4.78, 5) is 0. The topological polar surface area (TPSA) is 20.2 Å². The van der Waals surface area contributed by atoms with Crippen LogP contribution < -0.4 is 0 Å². The van der Waals surface area contributed by atoms with E-state index in [1.165, 1.54) is 24.8 Å². The molecule has 1 saturated carbocycles. The first-order chi connectivity index (χ1) is 6.12. The molecule has 0 amide bonds. The van der Waals surface area contributed by atoms with E-state index >= 15 is 0 Å². The van der Waals surface area contributed by atoms with E-state index in [2.05, 4.69) is 19.9 Å². The van der Waals surface area contributed by atoms with Gasteiger partial charge in [-0.05, 0) is 50.4 Å². The zero-order valence-corrected chi connectivity index (χ0v) is 8.71. The Morgan fingerprint density at radius 3 is 3.00 bits per heavy atom. The highest BCUT2D eigenvalue weighted by Crippen LogP contribution is 2.50. The van der Waals surface area contributed by atoms with Gasteiger partial charge in [-0.1, -0.05) is 18.6 Å². The van der Waals surface area contributed by atoms with E-state index in [1.807, 2.05) is 0 Å². The van der Waals surface area contributed by atoms with E-state index in [4.69, 9.17) is 0 Å². The summed E-state index contributed by atoms with van der Waals surface area (Å²) in [5, 5.41) is 9.65. The Hall–Kier alpha value is -0.300. The molecule has 0 aliphatic heterocycles. The molecule has 74 valence electrons. The standard InChI is InChI=1S/C12H20O/c1-9-4-3-6-12(2)7-5-10(13)8-11(9)12/h4,10-11,13H,3,5-8H2,1-2H3/t10-,11+,12-/m1/s1. The summed E-state index contributed by atoms with van der Waals surface area (Å²) in [6.45, 7) is 4.64. The van der Waals surface area contributed by atoms with E-state index < -0.39 is 0 Å². The van der Waals surface area contributed by atoms with Gasteiger partial charge in [-0.2, -0.15) is 0 Å². The summed E-state index contributed by atoms with van der Waals surface area (Å²) >= 11 is 0. The zero-order chi connectivity index (χ0) is 9.47. The first-order valence-corrected chi connectivity index (χ1v) is 5.46. The van der Waals surface area contributed by atoms with E-state index in [0.717, 1.165) is 12.8 Å². The molecule has 1 heteroatoms. The Balaban J connectivity index is 2.22. The summed E-state index contributed by atoms with van der Waals surface area (Å²) < 4.78 is 0. The molecule has 2 rings (SSSR count). The lowest BCUT2D eigenvalue weighted by molar-refractivity contribution is 0.0249. The number of aliphatic hydroxyl groups is 1. The Bertz CT molecular complexity index is 231. The monoisotopic (exact) mass is 180 g/mol. The highest BCUT2D eigenvalue weighted by Gasteiger charge is 2.41. The molecular weight excluding hydrogens is 160 g/mol. The fourth-order valence-corrected chi connectivity index (χ4v) is 3.15. The van der Waals surface area contributed by atoms with Crippen LogP contribution in [0.15, 0.2) is 11.6 Å². The van der Waals surface area contributed by atoms with Crippen molar-refractivity contribution in [2.24, 2.45) is 11.3 Å². The third-order valence-corrected chi connectivity index (χ3v) is 4.13. The maximum Gasteiger partial charge on any atom is 0.0546 e. The molecule has 0 spiro atoms. The molecule has 3 atom stereocenters. The second-order valence-electron chi connectivity index (χ2n) is 5.12. The number of hydrogen-bond donors (Lipinski definition) is 1. The van der Waals surface area contributed by atoms with Crippen LogP contribution in [0, 0.1) is 11.3 Å². The van der Waals surface area contributed by atoms with Gasteiger partial charge in [-0.3, -0.25) is 0 Å². The fourth-order valence-electron chi connectivity index (χ4n) is 3.15. The minimum atomic E-state index is -0.0421. The van der Waals surface area contributed by atoms with Gasteiger partial charge in [-0.25, -0.2) is 0 Å². The van der Waals surface area contributed by atoms with Crippen LogP contribution >= 0.6 is 0 Å². The van der Waals surface area contributed by atoms with E-state index in [0.29, 0.717) is 11.3 Å². The third kappa shape index (κ3) is 1.54. The molecule has 0 saturated heterocycles. The van der Waals surface area contributed by atoms with Crippen molar-refractivity contribution < 1.29 is 5.11 Å². The van der Waals surface area contributed by atoms with Crippen molar-refractivity contribution >= 4 is 0 Å². The molecule has 0 aromatic heterocycles. The van der Waals surface area contributed by atoms with Gasteiger partial charge in [0.25, 0.3) is 0 Å². The van der Waals surface area contributed by atoms with Crippen molar-refractivity contribution in [3.05, 3.63) is 11.6 Å². The van der Waals surface area contributed by atoms with Gasteiger partial charge in [0.15, 0.2) is 0 Å². The molecule has 1 nitrogen and oxygen atoms in total. The van der Waals surface area contributed by atoms with Crippen molar-refractivity contribution in [3.8, 4) is 0 Å². The normalized spacial score (nSPS) is 45.3. The summed E-state index contributed by atoms with van der Waals surface area (Å²) in [6, 6.07) is 0. The van der Waals surface area contributed by atoms with Gasteiger partial charge in [0, 0.05) is 0 Å². The Morgan fingerprint density at radius 2 is 2.23 bits per heavy atom. The Labute approximate surface area is 80.8 Å². The SMILES string of the molecule is CC1=CCC[C@]2(C)CC[C@@H](O)C[C@@H]12. The highest BCUT2D eigenvalue weighted by molar-refractivity contribution is 5.14. The maximum absolute atomic E-state index is 9.65. The van der Waals surface area contributed by atoms with Crippen molar-refractivity contribution in [1.82, 2.24) is 0 Å². The molecule has 0 heterocycles. The van der Waals surface area contributed by atoms with Crippen LogP contribution in [-0.4, -0.2) is 11.2 Å². The van der Waals surface area contributed by atoms with Crippen molar-refractivity contribution in [2.75, 3.05) is 0 Å². The predicted octanol–water partition coefficient (Wildman–Crippen LogP) is 2.89. The first-order valence-electron chi connectivity index (χ1n) is 5.46. The molecule has 0 unspecified atom stereocenters. The van der Waals surface area contributed by atoms with Gasteiger partial charge < -0.3 is 5.11 Å². The zero-order valence-electron chi connectivity index (χ0n) is 8.71. The molecule has 1 N–H and O–H groups in total. The summed E-state index contributed by atoms with van der Waals surface area (Å²) in [7, 11) is 0. The van der Waals surface area contributed by atoms with E-state index in [9.17, 15) is 5.11 Å². The van der Waals surface area contributed by atoms with E-state index in [-0.39, 0.29) is 6.10 Å². The fraction of sp³-hybridized carbons (Fsp3) is 0.833. The average molecular weight is 180 g/mol. The smallest absolute Gasteiger partial charge is 0.0546 e. The molecular formula is C12H20O.